The van der Waals surface area contributed by atoms with Crippen molar-refractivity contribution in [1.82, 2.24) is 9.80 Å². The van der Waals surface area contributed by atoms with E-state index in [0.29, 0.717) is 18.0 Å². The molecule has 4 amide bonds. The zero-order valence-corrected chi connectivity index (χ0v) is 16.9. The van der Waals surface area contributed by atoms with Gasteiger partial charge in [0, 0.05) is 11.6 Å². The Bertz CT molecular complexity index is 788. The van der Waals surface area contributed by atoms with Gasteiger partial charge in [-0.25, -0.2) is 9.69 Å². The van der Waals surface area contributed by atoms with Crippen LogP contribution in [0.15, 0.2) is 12.1 Å². The Morgan fingerprint density at radius 3 is 2.25 bits per heavy atom. The number of nitrogens with zero attached hydrogens (tertiary/aromatic N) is 2. The summed E-state index contributed by atoms with van der Waals surface area (Å²) in [5.74, 6) is -0.122. The quantitative estimate of drug-likeness (QED) is 0.548. The fourth-order valence-electron chi connectivity index (χ4n) is 4.01. The number of aryl methyl sites for hydroxylation is 1. The minimum Gasteiger partial charge on any atom is -0.493 e. The summed E-state index contributed by atoms with van der Waals surface area (Å²) in [4.78, 5) is 40.6. The summed E-state index contributed by atoms with van der Waals surface area (Å²) < 4.78 is 10.7. The second-order valence-corrected chi connectivity index (χ2v) is 7.55. The lowest BCUT2D eigenvalue weighted by molar-refractivity contribution is -0.901. The van der Waals surface area contributed by atoms with Crippen molar-refractivity contribution in [3.63, 3.8) is 0 Å². The van der Waals surface area contributed by atoms with Gasteiger partial charge >= 0.3 is 17.8 Å². The van der Waals surface area contributed by atoms with Crippen LogP contribution in [-0.4, -0.2) is 61.6 Å². The van der Waals surface area contributed by atoms with Crippen LogP contribution in [0, 0.1) is 6.92 Å². The Morgan fingerprint density at radius 2 is 1.64 bits per heavy atom. The van der Waals surface area contributed by atoms with Crippen LogP contribution in [0.2, 0.25) is 0 Å². The number of nitrogens with one attached hydrogen (secondary N) is 1. The van der Waals surface area contributed by atoms with Crippen LogP contribution in [0.25, 0.3) is 0 Å². The first-order valence-corrected chi connectivity index (χ1v) is 9.59. The molecule has 0 radical (unpaired) electrons. The number of hydrogen-bond donors (Lipinski definition) is 1. The lowest BCUT2D eigenvalue weighted by Gasteiger charge is -2.23. The van der Waals surface area contributed by atoms with Gasteiger partial charge in [0.1, 0.15) is 6.54 Å². The molecule has 152 valence electrons. The zero-order valence-electron chi connectivity index (χ0n) is 16.9. The number of carbonyl (C=O) groups excluding carboxylic acids is 3. The predicted molar refractivity (Wildman–Crippen MR) is 101 cm³/mol. The maximum Gasteiger partial charge on any atom is 0.338 e. The highest BCUT2D eigenvalue weighted by atomic mass is 16.5. The molecule has 0 bridgehead atoms. The van der Waals surface area contributed by atoms with Crippen LogP contribution in [-0.2, 0) is 16.1 Å². The number of quaternary nitrogens is 1. The molecule has 1 N–H and O–H groups in total. The summed E-state index contributed by atoms with van der Waals surface area (Å²) in [7, 11) is 5.06. The molecule has 28 heavy (non-hydrogen) atoms. The molecule has 2 aliphatic rings. The molecule has 1 atom stereocenters. The largest absolute Gasteiger partial charge is 0.493 e. The molecule has 3 rings (SSSR count). The van der Waals surface area contributed by atoms with E-state index in [-0.39, 0.29) is 12.7 Å². The standard InChI is InChI=1S/C20H27N3O5/c1-13-9-16(27-3)17(28-4)10-14(13)11-21(2)12-22-18(24)19(25)23(20(22)26)15-7-5-6-8-15/h9-10,15H,5-8,11-12H2,1-4H3/p+1. The van der Waals surface area contributed by atoms with Crippen molar-refractivity contribution in [1.29, 1.82) is 0 Å². The highest BCUT2D eigenvalue weighted by Crippen LogP contribution is 2.30. The van der Waals surface area contributed by atoms with Gasteiger partial charge in [0.15, 0.2) is 18.2 Å². The minimum atomic E-state index is -0.722. The molecular weight excluding hydrogens is 362 g/mol. The Kier molecular flexibility index (Phi) is 5.88. The summed E-state index contributed by atoms with van der Waals surface area (Å²) in [6, 6.07) is 3.19. The number of amides is 4. The molecule has 1 unspecified atom stereocenters. The fourth-order valence-corrected chi connectivity index (χ4v) is 4.01. The van der Waals surface area contributed by atoms with Gasteiger partial charge in [-0.3, -0.25) is 14.5 Å². The smallest absolute Gasteiger partial charge is 0.338 e. The summed E-state index contributed by atoms with van der Waals surface area (Å²) in [5.41, 5.74) is 2.05. The van der Waals surface area contributed by atoms with Gasteiger partial charge in [-0.1, -0.05) is 12.8 Å². The molecule has 1 aliphatic carbocycles. The van der Waals surface area contributed by atoms with Crippen LogP contribution in [0.4, 0.5) is 4.79 Å². The number of methoxy groups -OCH3 is 2. The minimum absolute atomic E-state index is 0.137. The van der Waals surface area contributed by atoms with E-state index in [9.17, 15) is 14.4 Å². The average molecular weight is 390 g/mol. The summed E-state index contributed by atoms with van der Waals surface area (Å²) in [6.07, 6.45) is 3.54. The van der Waals surface area contributed by atoms with Crippen LogP contribution >= 0.6 is 0 Å². The van der Waals surface area contributed by atoms with E-state index in [4.69, 9.17) is 9.47 Å². The molecule has 2 fully saturated rings. The third-order valence-corrected chi connectivity index (χ3v) is 5.54. The van der Waals surface area contributed by atoms with Gasteiger partial charge in [0.05, 0.1) is 21.3 Å². The zero-order chi connectivity index (χ0) is 20.4. The van der Waals surface area contributed by atoms with Crippen molar-refractivity contribution in [2.24, 2.45) is 0 Å². The van der Waals surface area contributed by atoms with Gasteiger partial charge in [0.2, 0.25) is 0 Å². The maximum absolute atomic E-state index is 12.7. The molecular formula is C20H28N3O5+. The van der Waals surface area contributed by atoms with E-state index >= 15 is 0 Å². The van der Waals surface area contributed by atoms with E-state index in [2.05, 4.69) is 0 Å². The third-order valence-electron chi connectivity index (χ3n) is 5.54. The van der Waals surface area contributed by atoms with E-state index in [1.165, 1.54) is 4.90 Å². The Morgan fingerprint density at radius 1 is 1.04 bits per heavy atom. The van der Waals surface area contributed by atoms with Gasteiger partial charge in [-0.2, -0.15) is 0 Å². The predicted octanol–water partition coefficient (Wildman–Crippen LogP) is 0.718. The molecule has 1 aromatic rings. The topological polar surface area (TPSA) is 80.6 Å². The van der Waals surface area contributed by atoms with Gasteiger partial charge < -0.3 is 14.4 Å². The second-order valence-electron chi connectivity index (χ2n) is 7.55. The van der Waals surface area contributed by atoms with E-state index in [1.807, 2.05) is 26.1 Å². The third kappa shape index (κ3) is 3.69. The number of benzene rings is 1. The van der Waals surface area contributed by atoms with Crippen LogP contribution in [0.1, 0.15) is 36.8 Å². The Labute approximate surface area is 165 Å². The SMILES string of the molecule is COc1cc(C)c(C[NH+](C)CN2C(=O)C(=O)N(C3CCCC3)C2=O)cc1OC. The molecule has 1 aliphatic heterocycles. The van der Waals surface area contributed by atoms with Crippen molar-refractivity contribution in [3.05, 3.63) is 23.3 Å². The molecule has 1 saturated carbocycles. The van der Waals surface area contributed by atoms with Crippen LogP contribution in [0.5, 0.6) is 11.5 Å². The molecule has 1 heterocycles. The highest BCUT2D eigenvalue weighted by Gasteiger charge is 2.49. The summed E-state index contributed by atoms with van der Waals surface area (Å²) >= 11 is 0. The molecule has 8 nitrogen and oxygen atoms in total. The van der Waals surface area contributed by atoms with E-state index in [0.717, 1.165) is 46.6 Å². The summed E-state index contributed by atoms with van der Waals surface area (Å²) in [6.45, 7) is 2.68. The van der Waals surface area contributed by atoms with Crippen molar-refractivity contribution < 1.29 is 28.8 Å². The molecule has 1 aromatic carbocycles. The highest BCUT2D eigenvalue weighted by molar-refractivity contribution is 6.44. The van der Waals surface area contributed by atoms with Gasteiger partial charge in [0.25, 0.3) is 0 Å². The Hall–Kier alpha value is -2.61. The molecule has 0 spiro atoms. The van der Waals surface area contributed by atoms with Crippen molar-refractivity contribution in [3.8, 4) is 11.5 Å². The first-order valence-electron chi connectivity index (χ1n) is 9.59. The van der Waals surface area contributed by atoms with Crippen LogP contribution in [0.3, 0.4) is 0 Å². The summed E-state index contributed by atoms with van der Waals surface area (Å²) in [5, 5.41) is 0. The first-order chi connectivity index (χ1) is 13.4. The average Bonchev–Trinajstić information content (AvgIpc) is 3.26. The normalized spacial score (nSPS) is 18.9. The number of urea groups is 1. The molecule has 8 heteroatoms. The fraction of sp³-hybridized carbons (Fsp3) is 0.550. The van der Waals surface area contributed by atoms with Crippen molar-refractivity contribution in [2.75, 3.05) is 27.9 Å². The monoisotopic (exact) mass is 390 g/mol. The number of ether oxygens (including phenoxy) is 2. The number of rotatable bonds is 7. The number of imide groups is 2. The van der Waals surface area contributed by atoms with Crippen molar-refractivity contribution in [2.45, 2.75) is 45.2 Å². The van der Waals surface area contributed by atoms with E-state index < -0.39 is 17.8 Å². The molecule has 0 aromatic heterocycles. The van der Waals surface area contributed by atoms with Crippen LogP contribution < -0.4 is 14.4 Å². The first kappa shape index (κ1) is 20.1. The van der Waals surface area contributed by atoms with Gasteiger partial charge in [-0.15, -0.1) is 0 Å². The number of hydrogen-bond acceptors (Lipinski definition) is 5. The number of carbonyl (C=O) groups is 3. The lowest BCUT2D eigenvalue weighted by Crippen LogP contribution is -3.09. The molecule has 1 saturated heterocycles. The lowest BCUT2D eigenvalue weighted by atomic mass is 10.1. The van der Waals surface area contributed by atoms with Crippen molar-refractivity contribution >= 4 is 17.8 Å². The Balaban J connectivity index is 1.71. The van der Waals surface area contributed by atoms with Gasteiger partial charge in [-0.05, 0) is 37.5 Å². The second kappa shape index (κ2) is 8.18. The van der Waals surface area contributed by atoms with E-state index in [1.54, 1.807) is 14.2 Å². The maximum atomic E-state index is 12.7.